The van der Waals surface area contributed by atoms with E-state index in [9.17, 15) is 0 Å². The molecule has 1 atom stereocenters. The average molecular weight is 290 g/mol. The molecule has 1 aromatic rings. The molecule has 0 spiro atoms. The van der Waals surface area contributed by atoms with Gasteiger partial charge in [-0.25, -0.2) is 0 Å². The molecule has 2 aliphatic rings. The number of ether oxygens (including phenoxy) is 2. The van der Waals surface area contributed by atoms with Crippen LogP contribution >= 0.6 is 0 Å². The van der Waals surface area contributed by atoms with Crippen molar-refractivity contribution in [3.8, 4) is 11.5 Å². The van der Waals surface area contributed by atoms with Gasteiger partial charge in [0.25, 0.3) is 0 Å². The third kappa shape index (κ3) is 3.50. The van der Waals surface area contributed by atoms with Gasteiger partial charge in [0.05, 0.1) is 13.2 Å². The van der Waals surface area contributed by atoms with Crippen molar-refractivity contribution >= 4 is 0 Å². The number of rotatable bonds is 5. The second-order valence-electron chi connectivity index (χ2n) is 5.85. The van der Waals surface area contributed by atoms with E-state index in [1.165, 1.54) is 24.9 Å². The number of para-hydroxylation sites is 1. The Morgan fingerprint density at radius 1 is 1.24 bits per heavy atom. The highest BCUT2D eigenvalue weighted by atomic mass is 16.5. The van der Waals surface area contributed by atoms with E-state index < -0.39 is 0 Å². The second kappa shape index (κ2) is 7.14. The lowest BCUT2D eigenvalue weighted by Crippen LogP contribution is -2.37. The molecule has 0 radical (unpaired) electrons. The van der Waals surface area contributed by atoms with Crippen LogP contribution in [0.2, 0.25) is 0 Å². The van der Waals surface area contributed by atoms with Crippen LogP contribution in [-0.2, 0) is 6.54 Å². The van der Waals surface area contributed by atoms with E-state index in [2.05, 4.69) is 29.3 Å². The van der Waals surface area contributed by atoms with Crippen LogP contribution < -0.4 is 14.8 Å². The van der Waals surface area contributed by atoms with Crippen molar-refractivity contribution in [1.29, 1.82) is 0 Å². The topological polar surface area (TPSA) is 33.7 Å². The van der Waals surface area contributed by atoms with Crippen molar-refractivity contribution in [2.75, 3.05) is 32.8 Å². The van der Waals surface area contributed by atoms with E-state index in [-0.39, 0.29) is 0 Å². The average Bonchev–Trinajstić information content (AvgIpc) is 2.82. The van der Waals surface area contributed by atoms with Gasteiger partial charge in [0.2, 0.25) is 0 Å². The number of nitrogens with one attached hydrogen (secondary N) is 1. The van der Waals surface area contributed by atoms with Gasteiger partial charge >= 0.3 is 0 Å². The summed E-state index contributed by atoms with van der Waals surface area (Å²) in [5, 5.41) is 3.60. The van der Waals surface area contributed by atoms with Gasteiger partial charge in [-0.1, -0.05) is 19.1 Å². The zero-order valence-corrected chi connectivity index (χ0v) is 12.9. The quantitative estimate of drug-likeness (QED) is 0.903. The zero-order valence-electron chi connectivity index (χ0n) is 12.9. The first-order chi connectivity index (χ1) is 10.4. The lowest BCUT2D eigenvalue weighted by atomic mass is 10.1. The number of hydrogen-bond acceptors (Lipinski definition) is 4. The van der Waals surface area contributed by atoms with Crippen molar-refractivity contribution in [2.24, 2.45) is 0 Å². The Hall–Kier alpha value is -1.26. The highest BCUT2D eigenvalue weighted by molar-refractivity contribution is 5.47. The zero-order chi connectivity index (χ0) is 14.5. The predicted octanol–water partition coefficient (Wildman–Crippen LogP) is 2.42. The van der Waals surface area contributed by atoms with Gasteiger partial charge < -0.3 is 14.8 Å². The minimum atomic E-state index is 0.689. The molecule has 0 aliphatic carbocycles. The summed E-state index contributed by atoms with van der Waals surface area (Å²) in [7, 11) is 0. The van der Waals surface area contributed by atoms with E-state index in [1.54, 1.807) is 0 Å². The molecule has 1 unspecified atom stereocenters. The Labute approximate surface area is 127 Å². The Kier molecular flexibility index (Phi) is 4.99. The van der Waals surface area contributed by atoms with Crippen molar-refractivity contribution < 1.29 is 9.47 Å². The van der Waals surface area contributed by atoms with E-state index in [0.717, 1.165) is 50.8 Å². The SMILES string of the molecule is CCN1CCCC1CNCc1cccc2c1OCCCO2. The van der Waals surface area contributed by atoms with Gasteiger partial charge in [-0.15, -0.1) is 0 Å². The fourth-order valence-electron chi connectivity index (χ4n) is 3.31. The highest BCUT2D eigenvalue weighted by Gasteiger charge is 2.22. The van der Waals surface area contributed by atoms with Crippen molar-refractivity contribution in [1.82, 2.24) is 10.2 Å². The summed E-state index contributed by atoms with van der Waals surface area (Å²) in [6.07, 6.45) is 3.60. The van der Waals surface area contributed by atoms with Crippen LogP contribution in [0.25, 0.3) is 0 Å². The van der Waals surface area contributed by atoms with E-state index in [4.69, 9.17) is 9.47 Å². The molecule has 0 saturated carbocycles. The molecule has 3 rings (SSSR count). The molecule has 1 N–H and O–H groups in total. The van der Waals surface area contributed by atoms with Gasteiger partial charge in [0, 0.05) is 31.1 Å². The van der Waals surface area contributed by atoms with Gasteiger partial charge in [-0.2, -0.15) is 0 Å². The molecular weight excluding hydrogens is 264 g/mol. The maximum atomic E-state index is 5.87. The molecule has 1 fully saturated rings. The minimum Gasteiger partial charge on any atom is -0.490 e. The molecule has 2 aliphatic heterocycles. The molecule has 116 valence electrons. The van der Waals surface area contributed by atoms with Crippen LogP contribution in [0, 0.1) is 0 Å². The summed E-state index contributed by atoms with van der Waals surface area (Å²) in [6.45, 7) is 8.05. The Morgan fingerprint density at radius 2 is 2.14 bits per heavy atom. The first-order valence-corrected chi connectivity index (χ1v) is 8.20. The molecule has 0 amide bonds. The van der Waals surface area contributed by atoms with Gasteiger partial charge in [0.15, 0.2) is 11.5 Å². The fraction of sp³-hybridized carbons (Fsp3) is 0.647. The predicted molar refractivity (Wildman–Crippen MR) is 84.0 cm³/mol. The molecule has 1 aromatic carbocycles. The Morgan fingerprint density at radius 3 is 3.05 bits per heavy atom. The highest BCUT2D eigenvalue weighted by Crippen LogP contribution is 2.33. The van der Waals surface area contributed by atoms with Gasteiger partial charge in [0.1, 0.15) is 0 Å². The summed E-state index contributed by atoms with van der Waals surface area (Å²) in [4.78, 5) is 2.57. The molecule has 0 bridgehead atoms. The van der Waals surface area contributed by atoms with Crippen LogP contribution in [0.3, 0.4) is 0 Å². The summed E-state index contributed by atoms with van der Waals surface area (Å²) < 4.78 is 11.6. The molecule has 21 heavy (non-hydrogen) atoms. The lowest BCUT2D eigenvalue weighted by molar-refractivity contribution is 0.259. The summed E-state index contributed by atoms with van der Waals surface area (Å²) >= 11 is 0. The maximum Gasteiger partial charge on any atom is 0.165 e. The van der Waals surface area contributed by atoms with E-state index in [0.29, 0.717) is 6.04 Å². The molecule has 0 aromatic heterocycles. The molecule has 4 heteroatoms. The van der Waals surface area contributed by atoms with E-state index >= 15 is 0 Å². The monoisotopic (exact) mass is 290 g/mol. The number of benzene rings is 1. The number of hydrogen-bond donors (Lipinski definition) is 1. The van der Waals surface area contributed by atoms with Crippen molar-refractivity contribution in [3.05, 3.63) is 23.8 Å². The summed E-state index contributed by atoms with van der Waals surface area (Å²) in [5.74, 6) is 1.82. The van der Waals surface area contributed by atoms with Crippen molar-refractivity contribution in [2.45, 2.75) is 38.8 Å². The molecule has 1 saturated heterocycles. The van der Waals surface area contributed by atoms with Crippen LogP contribution in [0.15, 0.2) is 18.2 Å². The first kappa shape index (κ1) is 14.7. The molecular formula is C17H26N2O2. The third-order valence-corrected chi connectivity index (χ3v) is 4.45. The number of nitrogens with zero attached hydrogens (tertiary/aromatic N) is 1. The van der Waals surface area contributed by atoms with Crippen LogP contribution in [0.5, 0.6) is 11.5 Å². The standard InChI is InChI=1S/C17H26N2O2/c1-2-19-9-4-7-15(19)13-18-12-14-6-3-8-16-17(14)21-11-5-10-20-16/h3,6,8,15,18H,2,4-5,7,9-13H2,1H3. The third-order valence-electron chi connectivity index (χ3n) is 4.45. The normalized spacial score (nSPS) is 22.2. The lowest BCUT2D eigenvalue weighted by Gasteiger charge is -2.23. The Balaban J connectivity index is 1.58. The van der Waals surface area contributed by atoms with E-state index in [1.807, 2.05) is 6.07 Å². The number of fused-ring (bicyclic) bond motifs is 1. The number of likely N-dealkylation sites (tertiary alicyclic amines) is 1. The second-order valence-corrected chi connectivity index (χ2v) is 5.85. The molecule has 2 heterocycles. The van der Waals surface area contributed by atoms with Crippen LogP contribution in [-0.4, -0.2) is 43.8 Å². The Bertz CT molecular complexity index is 464. The molecule has 4 nitrogen and oxygen atoms in total. The smallest absolute Gasteiger partial charge is 0.165 e. The number of likely N-dealkylation sites (N-methyl/N-ethyl adjacent to an activating group) is 1. The minimum absolute atomic E-state index is 0.689. The van der Waals surface area contributed by atoms with Crippen LogP contribution in [0.1, 0.15) is 31.7 Å². The summed E-state index contributed by atoms with van der Waals surface area (Å²) in [5.41, 5.74) is 1.20. The van der Waals surface area contributed by atoms with Gasteiger partial charge in [-0.3, -0.25) is 4.90 Å². The largest absolute Gasteiger partial charge is 0.490 e. The van der Waals surface area contributed by atoms with Crippen molar-refractivity contribution in [3.63, 3.8) is 0 Å². The maximum absolute atomic E-state index is 5.87. The summed E-state index contributed by atoms with van der Waals surface area (Å²) in [6, 6.07) is 6.87. The fourth-order valence-corrected chi connectivity index (χ4v) is 3.31. The first-order valence-electron chi connectivity index (χ1n) is 8.20. The van der Waals surface area contributed by atoms with Gasteiger partial charge in [-0.05, 0) is 32.0 Å². The van der Waals surface area contributed by atoms with Crippen LogP contribution in [0.4, 0.5) is 0 Å².